The third kappa shape index (κ3) is 8.01. The van der Waals surface area contributed by atoms with E-state index in [9.17, 15) is 19.5 Å². The van der Waals surface area contributed by atoms with Crippen molar-refractivity contribution in [3.05, 3.63) is 74.9 Å². The number of carboxylic acids is 1. The zero-order valence-electron chi connectivity index (χ0n) is 18.6. The molecule has 0 aliphatic heterocycles. The highest BCUT2D eigenvalue weighted by molar-refractivity contribution is 6.35. The summed E-state index contributed by atoms with van der Waals surface area (Å²) in [6, 6.07) is 12.6. The van der Waals surface area contributed by atoms with Crippen LogP contribution in [-0.2, 0) is 9.59 Å². The van der Waals surface area contributed by atoms with Crippen molar-refractivity contribution >= 4 is 58.8 Å². The van der Waals surface area contributed by atoms with E-state index in [1.807, 2.05) is 0 Å². The van der Waals surface area contributed by atoms with Gasteiger partial charge in [0.05, 0.1) is 35.0 Å². The third-order valence-electron chi connectivity index (χ3n) is 4.63. The molecule has 3 rings (SSSR count). The van der Waals surface area contributed by atoms with Crippen molar-refractivity contribution < 1.29 is 28.6 Å². The maximum atomic E-state index is 11.9. The average molecular weight is 553 g/mol. The molecule has 3 N–H and O–H groups in total. The van der Waals surface area contributed by atoms with Crippen molar-refractivity contribution in [2.75, 3.05) is 13.2 Å². The zero-order chi connectivity index (χ0) is 26.1. The van der Waals surface area contributed by atoms with E-state index in [1.54, 1.807) is 36.4 Å². The molecule has 0 aliphatic carbocycles. The molecular formula is C24H20Cl3N3O6. The molecule has 0 radical (unpaired) electrons. The highest BCUT2D eigenvalue weighted by Gasteiger charge is 2.12. The number of hydrogen-bond acceptors (Lipinski definition) is 6. The molecule has 0 spiro atoms. The summed E-state index contributed by atoms with van der Waals surface area (Å²) in [6.07, 6.45) is 1.86. The second kappa shape index (κ2) is 13.0. The largest absolute Gasteiger partial charge is 0.492 e. The number of nitrogens with zero attached hydrogens (tertiary/aromatic N) is 1. The molecule has 0 saturated carbocycles. The van der Waals surface area contributed by atoms with E-state index in [4.69, 9.17) is 44.0 Å². The first-order chi connectivity index (χ1) is 17.2. The Kier molecular flexibility index (Phi) is 9.75. The van der Waals surface area contributed by atoms with Crippen LogP contribution >= 0.6 is 34.8 Å². The molecule has 0 unspecified atom stereocenters. The second-order valence-corrected chi connectivity index (χ2v) is 8.55. The lowest BCUT2D eigenvalue weighted by Crippen LogP contribution is -2.34. The summed E-state index contributed by atoms with van der Waals surface area (Å²) in [6.45, 7) is 0.0101. The van der Waals surface area contributed by atoms with Gasteiger partial charge in [0.2, 0.25) is 5.91 Å². The maximum absolute atomic E-state index is 11.9. The molecule has 1 heterocycles. The number of carbonyl (C=O) groups excluding carboxylic acids is 2. The number of rotatable bonds is 11. The van der Waals surface area contributed by atoms with Gasteiger partial charge in [-0.2, -0.15) is 5.10 Å². The molecule has 0 saturated heterocycles. The summed E-state index contributed by atoms with van der Waals surface area (Å²) < 4.78 is 11.1. The van der Waals surface area contributed by atoms with Crippen LogP contribution in [0.4, 0.5) is 0 Å². The molecule has 188 valence electrons. The molecule has 1 aromatic heterocycles. The number of hydrogen-bond donors (Lipinski definition) is 3. The van der Waals surface area contributed by atoms with Crippen molar-refractivity contribution in [1.82, 2.24) is 10.7 Å². The van der Waals surface area contributed by atoms with Crippen LogP contribution in [0.2, 0.25) is 15.1 Å². The van der Waals surface area contributed by atoms with Gasteiger partial charge in [-0.25, -0.2) is 10.2 Å². The lowest BCUT2D eigenvalue weighted by Gasteiger charge is -2.08. The zero-order valence-corrected chi connectivity index (χ0v) is 20.9. The van der Waals surface area contributed by atoms with Crippen LogP contribution in [-0.4, -0.2) is 42.3 Å². The Morgan fingerprint density at radius 2 is 1.81 bits per heavy atom. The molecule has 0 atom stereocenters. The van der Waals surface area contributed by atoms with Gasteiger partial charge in [-0.15, -0.1) is 0 Å². The van der Waals surface area contributed by atoms with Crippen LogP contribution in [0.15, 0.2) is 58.0 Å². The van der Waals surface area contributed by atoms with Crippen molar-refractivity contribution in [2.24, 2.45) is 5.10 Å². The fourth-order valence-corrected chi connectivity index (χ4v) is 3.56. The van der Waals surface area contributed by atoms with Gasteiger partial charge in [0.15, 0.2) is 0 Å². The normalized spacial score (nSPS) is 10.9. The summed E-state index contributed by atoms with van der Waals surface area (Å²) >= 11 is 17.7. The fraction of sp³-hybridized carbons (Fsp3) is 0.167. The van der Waals surface area contributed by atoms with Gasteiger partial charge in [0.1, 0.15) is 17.3 Å². The van der Waals surface area contributed by atoms with E-state index < -0.39 is 11.9 Å². The number of hydrazone groups is 1. The summed E-state index contributed by atoms with van der Waals surface area (Å²) in [5.74, 6) is -0.807. The minimum atomic E-state index is -1.15. The van der Waals surface area contributed by atoms with E-state index in [1.165, 1.54) is 18.3 Å². The first-order valence-corrected chi connectivity index (χ1v) is 11.7. The summed E-state index contributed by atoms with van der Waals surface area (Å²) in [7, 11) is 0. The number of ether oxygens (including phenoxy) is 1. The molecule has 12 heteroatoms. The Hall–Kier alpha value is -3.53. The number of carbonyl (C=O) groups is 3. The van der Waals surface area contributed by atoms with Crippen LogP contribution < -0.4 is 15.5 Å². The van der Waals surface area contributed by atoms with Gasteiger partial charge in [0, 0.05) is 17.0 Å². The van der Waals surface area contributed by atoms with Crippen LogP contribution in [0.3, 0.4) is 0 Å². The molecule has 2 amide bonds. The number of carboxylic acid groups (broad SMARTS) is 1. The Morgan fingerprint density at radius 1 is 1.00 bits per heavy atom. The van der Waals surface area contributed by atoms with Crippen molar-refractivity contribution in [2.45, 2.75) is 12.8 Å². The van der Waals surface area contributed by atoms with Gasteiger partial charge >= 0.3 is 5.97 Å². The molecule has 0 bridgehead atoms. The number of nitrogens with one attached hydrogen (secondary N) is 2. The number of furan rings is 1. The third-order valence-corrected chi connectivity index (χ3v) is 5.49. The average Bonchev–Trinajstić information content (AvgIpc) is 3.30. The fourth-order valence-electron chi connectivity index (χ4n) is 2.90. The molecular weight excluding hydrogens is 533 g/mol. The Morgan fingerprint density at radius 3 is 2.56 bits per heavy atom. The predicted octanol–water partition coefficient (Wildman–Crippen LogP) is 5.03. The first kappa shape index (κ1) is 27.1. The monoisotopic (exact) mass is 551 g/mol. The van der Waals surface area contributed by atoms with E-state index in [-0.39, 0.29) is 36.1 Å². The molecule has 0 aliphatic rings. The molecule has 9 nitrogen and oxygen atoms in total. The lowest BCUT2D eigenvalue weighted by molar-refractivity contribution is -0.126. The first-order valence-electron chi connectivity index (χ1n) is 10.5. The van der Waals surface area contributed by atoms with Crippen molar-refractivity contribution in [3.63, 3.8) is 0 Å². The Labute approximate surface area is 221 Å². The molecule has 2 aromatic carbocycles. The topological polar surface area (TPSA) is 130 Å². The number of amides is 2. The second-order valence-electron chi connectivity index (χ2n) is 7.30. The van der Waals surface area contributed by atoms with Gasteiger partial charge in [-0.05, 0) is 55.0 Å². The number of benzene rings is 2. The van der Waals surface area contributed by atoms with E-state index in [2.05, 4.69) is 15.8 Å². The molecule has 0 fully saturated rings. The van der Waals surface area contributed by atoms with Gasteiger partial charge in [-0.1, -0.05) is 34.8 Å². The van der Waals surface area contributed by atoms with E-state index in [0.717, 1.165) is 0 Å². The van der Waals surface area contributed by atoms with Crippen LogP contribution in [0, 0.1) is 0 Å². The Bertz CT molecular complexity index is 1290. The van der Waals surface area contributed by atoms with E-state index in [0.29, 0.717) is 39.3 Å². The van der Waals surface area contributed by atoms with Crippen LogP contribution in [0.5, 0.6) is 5.75 Å². The summed E-state index contributed by atoms with van der Waals surface area (Å²) in [4.78, 5) is 35.0. The van der Waals surface area contributed by atoms with Crippen LogP contribution in [0.1, 0.15) is 29.0 Å². The minimum absolute atomic E-state index is 0.0476. The van der Waals surface area contributed by atoms with Gasteiger partial charge < -0.3 is 19.6 Å². The standard InChI is InChI=1S/C24H20Cl3N3O6/c25-15-4-7-21(19(27)11-15)35-9-1-2-22(31)28-13-23(32)30-29-12-16-5-8-20(36-16)14-3-6-18(26)17(10-14)24(33)34/h3-8,10-12H,1-2,9,13H2,(H,28,31)(H,30,32)(H,33,34)/b29-12-. The van der Waals surface area contributed by atoms with Crippen LogP contribution in [0.25, 0.3) is 11.3 Å². The Balaban J connectivity index is 1.37. The SMILES string of the molecule is O=C(CCCOc1ccc(Cl)cc1Cl)NCC(=O)N/N=C\c1ccc(-c2ccc(Cl)c(C(=O)O)c2)o1. The highest BCUT2D eigenvalue weighted by atomic mass is 35.5. The predicted molar refractivity (Wildman–Crippen MR) is 136 cm³/mol. The van der Waals surface area contributed by atoms with Gasteiger partial charge in [-0.3, -0.25) is 9.59 Å². The van der Waals surface area contributed by atoms with Crippen molar-refractivity contribution in [3.8, 4) is 17.1 Å². The lowest BCUT2D eigenvalue weighted by atomic mass is 10.1. The highest BCUT2D eigenvalue weighted by Crippen LogP contribution is 2.28. The minimum Gasteiger partial charge on any atom is -0.492 e. The number of aromatic carboxylic acids is 1. The molecule has 3 aromatic rings. The summed E-state index contributed by atoms with van der Waals surface area (Å²) in [5, 5.41) is 16.5. The van der Waals surface area contributed by atoms with E-state index >= 15 is 0 Å². The smallest absolute Gasteiger partial charge is 0.337 e. The quantitative estimate of drug-likeness (QED) is 0.174. The number of halogens is 3. The molecule has 36 heavy (non-hydrogen) atoms. The summed E-state index contributed by atoms with van der Waals surface area (Å²) in [5.41, 5.74) is 2.75. The van der Waals surface area contributed by atoms with Gasteiger partial charge in [0.25, 0.3) is 5.91 Å². The maximum Gasteiger partial charge on any atom is 0.337 e. The van der Waals surface area contributed by atoms with Crippen molar-refractivity contribution in [1.29, 1.82) is 0 Å².